The van der Waals surface area contributed by atoms with Crippen LogP contribution in [-0.2, 0) is 11.2 Å². The number of methoxy groups -OCH3 is 3. The molecule has 0 bridgehead atoms. The van der Waals surface area contributed by atoms with Gasteiger partial charge in [-0.2, -0.15) is 0 Å². The fraction of sp³-hybridized carbons (Fsp3) is 0.421. The van der Waals surface area contributed by atoms with Crippen LogP contribution >= 0.6 is 0 Å². The molecule has 0 saturated heterocycles. The molecule has 0 radical (unpaired) electrons. The second-order valence-electron chi connectivity index (χ2n) is 5.87. The van der Waals surface area contributed by atoms with E-state index in [0.717, 1.165) is 22.6 Å². The maximum absolute atomic E-state index is 12.4. The van der Waals surface area contributed by atoms with E-state index in [1.54, 1.807) is 33.5 Å². The third kappa shape index (κ3) is 4.26. The molecule has 2 aromatic rings. The topological polar surface area (TPSA) is 69.9 Å². The molecule has 136 valence electrons. The zero-order valence-corrected chi connectivity index (χ0v) is 15.6. The Morgan fingerprint density at radius 2 is 1.68 bits per heavy atom. The molecule has 0 aliphatic rings. The molecule has 1 aromatic carbocycles. The summed E-state index contributed by atoms with van der Waals surface area (Å²) >= 11 is 0. The van der Waals surface area contributed by atoms with Crippen molar-refractivity contribution in [1.82, 2.24) is 5.32 Å². The molecular formula is C19H25NO5. The molecule has 1 aromatic heterocycles. The van der Waals surface area contributed by atoms with E-state index in [0.29, 0.717) is 17.2 Å². The van der Waals surface area contributed by atoms with Crippen LogP contribution in [0, 0.1) is 13.8 Å². The molecule has 1 heterocycles. The monoisotopic (exact) mass is 347 g/mol. The van der Waals surface area contributed by atoms with Crippen LogP contribution in [-0.4, -0.2) is 27.2 Å². The zero-order valence-electron chi connectivity index (χ0n) is 15.6. The van der Waals surface area contributed by atoms with Gasteiger partial charge >= 0.3 is 0 Å². The van der Waals surface area contributed by atoms with Crippen LogP contribution in [0.3, 0.4) is 0 Å². The second-order valence-corrected chi connectivity index (χ2v) is 5.87. The molecule has 0 aliphatic heterocycles. The molecule has 6 heteroatoms. The molecule has 0 spiro atoms. The number of hydrogen-bond acceptors (Lipinski definition) is 5. The fourth-order valence-corrected chi connectivity index (χ4v) is 2.87. The van der Waals surface area contributed by atoms with Crippen LogP contribution < -0.4 is 19.5 Å². The van der Waals surface area contributed by atoms with Gasteiger partial charge in [0.15, 0.2) is 11.5 Å². The van der Waals surface area contributed by atoms with Gasteiger partial charge in [-0.1, -0.05) is 0 Å². The summed E-state index contributed by atoms with van der Waals surface area (Å²) in [6.07, 6.45) is 0.205. The summed E-state index contributed by atoms with van der Waals surface area (Å²) in [6, 6.07) is 5.37. The number of benzene rings is 1. The lowest BCUT2D eigenvalue weighted by atomic mass is 10.1. The number of rotatable bonds is 7. The van der Waals surface area contributed by atoms with E-state index in [1.165, 1.54) is 0 Å². The van der Waals surface area contributed by atoms with E-state index in [4.69, 9.17) is 18.6 Å². The van der Waals surface area contributed by atoms with Crippen molar-refractivity contribution in [2.24, 2.45) is 0 Å². The highest BCUT2D eigenvalue weighted by atomic mass is 16.5. The normalized spacial score (nSPS) is 11.8. The minimum absolute atomic E-state index is 0.0972. The number of ether oxygens (including phenoxy) is 3. The molecule has 25 heavy (non-hydrogen) atoms. The van der Waals surface area contributed by atoms with E-state index in [-0.39, 0.29) is 18.4 Å². The van der Waals surface area contributed by atoms with Gasteiger partial charge in [0.25, 0.3) is 0 Å². The van der Waals surface area contributed by atoms with Gasteiger partial charge in [-0.15, -0.1) is 0 Å². The average molecular weight is 347 g/mol. The molecule has 0 aliphatic carbocycles. The standard InChI is InChI=1S/C19H25NO5/c1-11-7-15(13(3)25-11)12(2)20-18(21)10-14-8-16(22-4)19(24-6)17(9-14)23-5/h7-9,12H,10H2,1-6H3,(H,20,21)/t12-/m0/s1. The highest BCUT2D eigenvalue weighted by Crippen LogP contribution is 2.38. The summed E-state index contributed by atoms with van der Waals surface area (Å²) < 4.78 is 21.5. The summed E-state index contributed by atoms with van der Waals surface area (Å²) in [7, 11) is 4.64. The lowest BCUT2D eigenvalue weighted by Crippen LogP contribution is -2.28. The van der Waals surface area contributed by atoms with Crippen molar-refractivity contribution in [2.45, 2.75) is 33.2 Å². The lowest BCUT2D eigenvalue weighted by Gasteiger charge is -2.16. The maximum Gasteiger partial charge on any atom is 0.224 e. The van der Waals surface area contributed by atoms with Crippen molar-refractivity contribution in [1.29, 1.82) is 0 Å². The summed E-state index contributed by atoms with van der Waals surface area (Å²) in [5.41, 5.74) is 1.76. The largest absolute Gasteiger partial charge is 0.493 e. The number of aryl methyl sites for hydroxylation is 2. The highest BCUT2D eigenvalue weighted by Gasteiger charge is 2.18. The van der Waals surface area contributed by atoms with Crippen LogP contribution in [0.15, 0.2) is 22.6 Å². The van der Waals surface area contributed by atoms with Crippen molar-refractivity contribution >= 4 is 5.91 Å². The molecule has 0 fully saturated rings. The van der Waals surface area contributed by atoms with Crippen LogP contribution in [0.5, 0.6) is 17.2 Å². The lowest BCUT2D eigenvalue weighted by molar-refractivity contribution is -0.121. The molecule has 0 saturated carbocycles. The smallest absolute Gasteiger partial charge is 0.224 e. The molecule has 2 rings (SSSR count). The Bertz CT molecular complexity index is 725. The fourth-order valence-electron chi connectivity index (χ4n) is 2.87. The first-order valence-corrected chi connectivity index (χ1v) is 8.04. The summed E-state index contributed by atoms with van der Waals surface area (Å²) in [5, 5.41) is 2.99. The summed E-state index contributed by atoms with van der Waals surface area (Å²) in [4.78, 5) is 12.4. The molecule has 1 atom stereocenters. The van der Waals surface area contributed by atoms with Crippen molar-refractivity contribution in [3.05, 3.63) is 40.8 Å². The molecule has 0 unspecified atom stereocenters. The Labute approximate surface area is 148 Å². The minimum atomic E-state index is -0.132. The van der Waals surface area contributed by atoms with Gasteiger partial charge < -0.3 is 23.9 Å². The first-order valence-electron chi connectivity index (χ1n) is 8.04. The minimum Gasteiger partial charge on any atom is -0.493 e. The van der Waals surface area contributed by atoms with Gasteiger partial charge in [0.05, 0.1) is 33.8 Å². The molecule has 1 amide bonds. The van der Waals surface area contributed by atoms with Gasteiger partial charge in [-0.05, 0) is 44.5 Å². The predicted octanol–water partition coefficient (Wildman–Crippen LogP) is 3.34. The highest BCUT2D eigenvalue weighted by molar-refractivity contribution is 5.79. The van der Waals surface area contributed by atoms with Gasteiger partial charge in [0, 0.05) is 5.56 Å². The summed E-state index contributed by atoms with van der Waals surface area (Å²) in [6.45, 7) is 5.72. The van der Waals surface area contributed by atoms with Gasteiger partial charge in [0.2, 0.25) is 11.7 Å². The summed E-state index contributed by atoms with van der Waals surface area (Å²) in [5.74, 6) is 3.11. The van der Waals surface area contributed by atoms with E-state index in [9.17, 15) is 4.79 Å². The first-order chi connectivity index (χ1) is 11.9. The Hall–Kier alpha value is -2.63. The van der Waals surface area contributed by atoms with E-state index in [1.807, 2.05) is 26.8 Å². The number of furan rings is 1. The van der Waals surface area contributed by atoms with Crippen LogP contribution in [0.1, 0.15) is 35.6 Å². The quantitative estimate of drug-likeness (QED) is 0.832. The Kier molecular flexibility index (Phi) is 5.96. The Morgan fingerprint density at radius 1 is 1.08 bits per heavy atom. The van der Waals surface area contributed by atoms with E-state index in [2.05, 4.69) is 5.32 Å². The van der Waals surface area contributed by atoms with E-state index >= 15 is 0 Å². The van der Waals surface area contributed by atoms with Crippen LogP contribution in [0.4, 0.5) is 0 Å². The Balaban J connectivity index is 2.13. The predicted molar refractivity (Wildman–Crippen MR) is 94.5 cm³/mol. The number of nitrogens with one attached hydrogen (secondary N) is 1. The third-order valence-corrected chi connectivity index (χ3v) is 4.01. The average Bonchev–Trinajstić information content (AvgIpc) is 2.92. The van der Waals surface area contributed by atoms with Gasteiger partial charge in [0.1, 0.15) is 11.5 Å². The van der Waals surface area contributed by atoms with Crippen LogP contribution in [0.25, 0.3) is 0 Å². The SMILES string of the molecule is COc1cc(CC(=O)N[C@@H](C)c2cc(C)oc2C)cc(OC)c1OC. The molecular weight excluding hydrogens is 322 g/mol. The number of amides is 1. The van der Waals surface area contributed by atoms with Crippen molar-refractivity contribution in [3.8, 4) is 17.2 Å². The number of hydrogen-bond donors (Lipinski definition) is 1. The van der Waals surface area contributed by atoms with Crippen molar-refractivity contribution < 1.29 is 23.4 Å². The van der Waals surface area contributed by atoms with E-state index < -0.39 is 0 Å². The zero-order chi connectivity index (χ0) is 18.6. The third-order valence-electron chi connectivity index (χ3n) is 4.01. The molecule has 6 nitrogen and oxygen atoms in total. The van der Waals surface area contributed by atoms with Crippen molar-refractivity contribution in [3.63, 3.8) is 0 Å². The Morgan fingerprint density at radius 3 is 2.12 bits per heavy atom. The van der Waals surface area contributed by atoms with Crippen LogP contribution in [0.2, 0.25) is 0 Å². The number of carbonyl (C=O) groups is 1. The van der Waals surface area contributed by atoms with Crippen molar-refractivity contribution in [2.75, 3.05) is 21.3 Å². The number of carbonyl (C=O) groups excluding carboxylic acids is 1. The van der Waals surface area contributed by atoms with Gasteiger partial charge in [-0.3, -0.25) is 4.79 Å². The second kappa shape index (κ2) is 7.96. The first kappa shape index (κ1) is 18.7. The maximum atomic E-state index is 12.4. The van der Waals surface area contributed by atoms with Gasteiger partial charge in [-0.25, -0.2) is 0 Å². The molecule has 1 N–H and O–H groups in total.